The number of carbonyl (C=O) groups excluding carboxylic acids is 1. The maximum absolute atomic E-state index is 12.4. The molecule has 4 nitrogen and oxygen atoms in total. The molecule has 0 saturated heterocycles. The summed E-state index contributed by atoms with van der Waals surface area (Å²) >= 11 is 0. The van der Waals surface area contributed by atoms with E-state index >= 15 is 0 Å². The van der Waals surface area contributed by atoms with Crippen LogP contribution in [-0.2, 0) is 11.3 Å². The highest BCUT2D eigenvalue weighted by Gasteiger charge is 2.34. The van der Waals surface area contributed by atoms with Crippen LogP contribution in [-0.4, -0.2) is 27.9 Å². The average Bonchev–Trinajstić information content (AvgIpc) is 3.20. The van der Waals surface area contributed by atoms with E-state index in [9.17, 15) is 4.79 Å². The molecular weight excluding hydrogens is 238 g/mol. The number of nitrogens with two attached hydrogens (primary N) is 1. The second-order valence-electron chi connectivity index (χ2n) is 5.79. The first-order chi connectivity index (χ1) is 9.08. The Morgan fingerprint density at radius 3 is 2.58 bits per heavy atom. The topological polar surface area (TPSA) is 59.2 Å². The molecule has 1 saturated carbocycles. The summed E-state index contributed by atoms with van der Waals surface area (Å²) in [7, 11) is 0. The summed E-state index contributed by atoms with van der Waals surface area (Å²) in [6.07, 6.45) is 6.48. The fourth-order valence-corrected chi connectivity index (χ4v) is 2.28. The molecule has 19 heavy (non-hydrogen) atoms. The van der Waals surface area contributed by atoms with Crippen LogP contribution in [0.25, 0.3) is 0 Å². The number of carbonyl (C=O) groups is 1. The number of pyridine rings is 1. The van der Waals surface area contributed by atoms with Crippen LogP contribution in [0.4, 0.5) is 0 Å². The highest BCUT2D eigenvalue weighted by molar-refractivity contribution is 5.82. The van der Waals surface area contributed by atoms with Crippen molar-refractivity contribution in [3.8, 4) is 0 Å². The second-order valence-corrected chi connectivity index (χ2v) is 5.79. The minimum atomic E-state index is -0.373. The lowest BCUT2D eigenvalue weighted by Gasteiger charge is -2.26. The van der Waals surface area contributed by atoms with Crippen molar-refractivity contribution in [3.05, 3.63) is 30.1 Å². The number of rotatable bonds is 6. The van der Waals surface area contributed by atoms with Crippen molar-refractivity contribution < 1.29 is 4.79 Å². The molecule has 0 bridgehead atoms. The van der Waals surface area contributed by atoms with E-state index in [0.29, 0.717) is 18.5 Å². The number of hydrogen-bond donors (Lipinski definition) is 1. The molecule has 0 radical (unpaired) electrons. The minimum Gasteiger partial charge on any atom is -0.334 e. The molecule has 1 aliphatic carbocycles. The Bertz CT molecular complexity index is 415. The normalized spacial score (nSPS) is 16.4. The average molecular weight is 261 g/mol. The van der Waals surface area contributed by atoms with Gasteiger partial charge in [0.15, 0.2) is 0 Å². The summed E-state index contributed by atoms with van der Waals surface area (Å²) in [6, 6.07) is 3.93. The third kappa shape index (κ3) is 4.03. The first kappa shape index (κ1) is 14.0. The second kappa shape index (κ2) is 6.15. The van der Waals surface area contributed by atoms with E-state index in [-0.39, 0.29) is 11.9 Å². The Hall–Kier alpha value is -1.42. The van der Waals surface area contributed by atoms with Crippen molar-refractivity contribution in [2.24, 2.45) is 11.7 Å². The fourth-order valence-electron chi connectivity index (χ4n) is 2.28. The third-order valence-corrected chi connectivity index (χ3v) is 3.42. The number of nitrogens with zero attached hydrogens (tertiary/aromatic N) is 2. The number of amides is 1. The van der Waals surface area contributed by atoms with Gasteiger partial charge in [-0.15, -0.1) is 0 Å². The summed E-state index contributed by atoms with van der Waals surface area (Å²) in [5, 5.41) is 0. The molecule has 1 aromatic rings. The Morgan fingerprint density at radius 2 is 2.05 bits per heavy atom. The SMILES string of the molecule is CC(C)C[C@H](N)C(=O)N(Cc1ccncc1)C1CC1. The summed E-state index contributed by atoms with van der Waals surface area (Å²) in [5.74, 6) is 0.536. The molecule has 2 rings (SSSR count). The zero-order valence-electron chi connectivity index (χ0n) is 11.7. The molecule has 1 atom stereocenters. The van der Waals surface area contributed by atoms with Crippen LogP contribution in [0.3, 0.4) is 0 Å². The zero-order valence-corrected chi connectivity index (χ0v) is 11.7. The molecule has 0 unspecified atom stereocenters. The molecule has 0 aromatic carbocycles. The maximum Gasteiger partial charge on any atom is 0.240 e. The third-order valence-electron chi connectivity index (χ3n) is 3.42. The van der Waals surface area contributed by atoms with Gasteiger partial charge in [-0.3, -0.25) is 9.78 Å². The van der Waals surface area contributed by atoms with Gasteiger partial charge in [0.25, 0.3) is 0 Å². The standard InChI is InChI=1S/C15H23N3O/c1-11(2)9-14(16)15(19)18(13-3-4-13)10-12-5-7-17-8-6-12/h5-8,11,13-14H,3-4,9-10,16H2,1-2H3/t14-/m0/s1. The molecule has 2 N–H and O–H groups in total. The molecule has 1 fully saturated rings. The molecule has 1 aliphatic rings. The molecule has 0 spiro atoms. The van der Waals surface area contributed by atoms with Gasteiger partial charge in [0.2, 0.25) is 5.91 Å². The minimum absolute atomic E-state index is 0.0908. The molecule has 1 amide bonds. The van der Waals surface area contributed by atoms with E-state index in [2.05, 4.69) is 18.8 Å². The van der Waals surface area contributed by atoms with Crippen molar-refractivity contribution in [1.29, 1.82) is 0 Å². The Balaban J connectivity index is 2.01. The predicted molar refractivity (Wildman–Crippen MR) is 75.2 cm³/mol. The molecule has 1 heterocycles. The van der Waals surface area contributed by atoms with Crippen LogP contribution in [0.15, 0.2) is 24.5 Å². The van der Waals surface area contributed by atoms with E-state index in [1.807, 2.05) is 17.0 Å². The van der Waals surface area contributed by atoms with E-state index in [1.165, 1.54) is 0 Å². The highest BCUT2D eigenvalue weighted by Crippen LogP contribution is 2.29. The smallest absolute Gasteiger partial charge is 0.240 e. The van der Waals surface area contributed by atoms with Crippen LogP contribution in [0, 0.1) is 5.92 Å². The van der Waals surface area contributed by atoms with Gasteiger partial charge in [-0.1, -0.05) is 13.8 Å². The van der Waals surface area contributed by atoms with Crippen LogP contribution < -0.4 is 5.73 Å². The quantitative estimate of drug-likeness (QED) is 0.851. The molecular formula is C15H23N3O. The first-order valence-electron chi connectivity index (χ1n) is 7.03. The van der Waals surface area contributed by atoms with Gasteiger partial charge in [0, 0.05) is 25.0 Å². The summed E-state index contributed by atoms with van der Waals surface area (Å²) in [6.45, 7) is 4.84. The molecule has 104 valence electrons. The van der Waals surface area contributed by atoms with Gasteiger partial charge >= 0.3 is 0 Å². The summed E-state index contributed by atoms with van der Waals surface area (Å²) < 4.78 is 0. The van der Waals surface area contributed by atoms with Gasteiger partial charge in [0.1, 0.15) is 0 Å². The van der Waals surface area contributed by atoms with Crippen molar-refractivity contribution in [3.63, 3.8) is 0 Å². The van der Waals surface area contributed by atoms with Gasteiger partial charge in [-0.2, -0.15) is 0 Å². The lowest BCUT2D eigenvalue weighted by Crippen LogP contribution is -2.45. The van der Waals surface area contributed by atoms with Gasteiger partial charge in [-0.25, -0.2) is 0 Å². The van der Waals surface area contributed by atoms with Gasteiger partial charge in [0.05, 0.1) is 6.04 Å². The molecule has 1 aromatic heterocycles. The largest absolute Gasteiger partial charge is 0.334 e. The number of hydrogen-bond acceptors (Lipinski definition) is 3. The lowest BCUT2D eigenvalue weighted by molar-refractivity contribution is -0.134. The zero-order chi connectivity index (χ0) is 13.8. The predicted octanol–water partition coefficient (Wildman–Crippen LogP) is 1.95. The molecule has 4 heteroatoms. The van der Waals surface area contributed by atoms with Gasteiger partial charge in [-0.05, 0) is 42.9 Å². The highest BCUT2D eigenvalue weighted by atomic mass is 16.2. The van der Waals surface area contributed by atoms with E-state index < -0.39 is 0 Å². The van der Waals surface area contributed by atoms with E-state index in [4.69, 9.17) is 5.73 Å². The number of aromatic nitrogens is 1. The summed E-state index contributed by atoms with van der Waals surface area (Å²) in [4.78, 5) is 18.4. The van der Waals surface area contributed by atoms with Gasteiger partial charge < -0.3 is 10.6 Å². The Morgan fingerprint density at radius 1 is 1.42 bits per heavy atom. The fraction of sp³-hybridized carbons (Fsp3) is 0.600. The lowest BCUT2D eigenvalue weighted by atomic mass is 10.0. The van der Waals surface area contributed by atoms with Crippen molar-refractivity contribution in [1.82, 2.24) is 9.88 Å². The van der Waals surface area contributed by atoms with Crippen molar-refractivity contribution in [2.45, 2.75) is 51.7 Å². The Kier molecular flexibility index (Phi) is 4.53. The maximum atomic E-state index is 12.4. The van der Waals surface area contributed by atoms with Crippen molar-refractivity contribution in [2.75, 3.05) is 0 Å². The summed E-state index contributed by atoms with van der Waals surface area (Å²) in [5.41, 5.74) is 7.15. The van der Waals surface area contributed by atoms with E-state index in [0.717, 1.165) is 24.8 Å². The molecule has 0 aliphatic heterocycles. The Labute approximate surface area is 115 Å². The van der Waals surface area contributed by atoms with Crippen LogP contribution in [0.5, 0.6) is 0 Å². The monoisotopic (exact) mass is 261 g/mol. The van der Waals surface area contributed by atoms with Crippen molar-refractivity contribution >= 4 is 5.91 Å². The van der Waals surface area contributed by atoms with Crippen LogP contribution in [0.2, 0.25) is 0 Å². The van der Waals surface area contributed by atoms with Crippen LogP contribution in [0.1, 0.15) is 38.7 Å². The first-order valence-corrected chi connectivity index (χ1v) is 7.03. The van der Waals surface area contributed by atoms with E-state index in [1.54, 1.807) is 12.4 Å². The van der Waals surface area contributed by atoms with Crippen LogP contribution >= 0.6 is 0 Å².